The van der Waals surface area contributed by atoms with Gasteiger partial charge in [0.1, 0.15) is 6.10 Å². The van der Waals surface area contributed by atoms with E-state index in [0.717, 1.165) is 32.5 Å². The number of carboxylic acids is 1. The lowest BCUT2D eigenvalue weighted by atomic mass is 9.97. The number of likely N-dealkylation sites (tertiary alicyclic amines) is 1. The first-order valence-electron chi connectivity index (χ1n) is 7.78. The van der Waals surface area contributed by atoms with Gasteiger partial charge in [0.05, 0.1) is 23.3 Å². The van der Waals surface area contributed by atoms with Gasteiger partial charge in [0.2, 0.25) is 0 Å². The third-order valence-corrected chi connectivity index (χ3v) is 4.16. The number of aliphatic carboxylic acids is 1. The Bertz CT molecular complexity index is 516. The molecule has 0 saturated carbocycles. The van der Waals surface area contributed by atoms with Crippen molar-refractivity contribution in [2.24, 2.45) is 5.92 Å². The lowest BCUT2D eigenvalue weighted by Gasteiger charge is -2.32. The monoisotopic (exact) mass is 339 g/mol. The van der Waals surface area contributed by atoms with Gasteiger partial charge in [0, 0.05) is 6.54 Å². The van der Waals surface area contributed by atoms with Crippen LogP contribution in [0.4, 0.5) is 0 Å². The number of aromatic nitrogens is 2. The number of nitrogens with zero attached hydrogens (tertiary/aromatic N) is 3. The largest absolute Gasteiger partial charge is 0.481 e. The molecule has 1 aliphatic heterocycles. The predicted molar refractivity (Wildman–Crippen MR) is 87.7 cm³/mol. The number of hydrogen-bond acceptors (Lipinski definition) is 5. The molecule has 1 saturated heterocycles. The molecule has 1 aliphatic rings. The number of halogens is 1. The number of hydrogen-bond donors (Lipinski definition) is 1. The zero-order chi connectivity index (χ0) is 16.7. The Morgan fingerprint density at radius 2 is 2.13 bits per heavy atom. The average Bonchev–Trinajstić information content (AvgIpc) is 2.55. The van der Waals surface area contributed by atoms with Crippen LogP contribution < -0.4 is 4.74 Å². The van der Waals surface area contributed by atoms with Crippen molar-refractivity contribution in [3.05, 3.63) is 30.1 Å². The van der Waals surface area contributed by atoms with Crippen molar-refractivity contribution in [2.45, 2.75) is 31.8 Å². The average molecular weight is 340 g/mol. The van der Waals surface area contributed by atoms with E-state index in [1.807, 2.05) is 6.08 Å². The minimum Gasteiger partial charge on any atom is -0.481 e. The minimum atomic E-state index is -0.696. The zero-order valence-corrected chi connectivity index (χ0v) is 13.8. The van der Waals surface area contributed by atoms with Crippen molar-refractivity contribution < 1.29 is 14.6 Å². The van der Waals surface area contributed by atoms with Crippen molar-refractivity contribution >= 4 is 17.6 Å². The van der Waals surface area contributed by atoms with E-state index in [4.69, 9.17) is 21.4 Å². The normalized spacial score (nSPS) is 17.6. The maximum Gasteiger partial charge on any atom is 0.316 e. The van der Waals surface area contributed by atoms with Crippen LogP contribution >= 0.6 is 11.6 Å². The maximum absolute atomic E-state index is 11.0. The first kappa shape index (κ1) is 17.7. The summed E-state index contributed by atoms with van der Waals surface area (Å²) in [6.07, 6.45) is 7.82. The minimum absolute atomic E-state index is 0.0597. The van der Waals surface area contributed by atoms with E-state index in [0.29, 0.717) is 23.9 Å². The third kappa shape index (κ3) is 5.80. The fraction of sp³-hybridized carbons (Fsp3) is 0.562. The molecule has 0 radical (unpaired) electrons. The number of carboxylic acid groups (broad SMARTS) is 1. The summed E-state index contributed by atoms with van der Waals surface area (Å²) in [5.74, 6) is -0.919. The van der Waals surface area contributed by atoms with Crippen LogP contribution in [0, 0.1) is 5.92 Å². The highest BCUT2D eigenvalue weighted by Crippen LogP contribution is 2.19. The molecule has 7 heteroatoms. The molecular formula is C16H22ClN3O3. The summed E-state index contributed by atoms with van der Waals surface area (Å²) in [7, 11) is 0. The Morgan fingerprint density at radius 3 is 2.70 bits per heavy atom. The van der Waals surface area contributed by atoms with Crippen LogP contribution in [0.3, 0.4) is 0 Å². The van der Waals surface area contributed by atoms with Gasteiger partial charge in [-0.05, 0) is 38.8 Å². The summed E-state index contributed by atoms with van der Waals surface area (Å²) in [6, 6.07) is 0.309. The molecule has 1 fully saturated rings. The number of carbonyl (C=O) groups is 1. The van der Waals surface area contributed by atoms with E-state index in [9.17, 15) is 4.79 Å². The number of allylic oxidation sites excluding steroid dienone is 1. The van der Waals surface area contributed by atoms with Gasteiger partial charge < -0.3 is 9.84 Å². The molecule has 0 amide bonds. The van der Waals surface area contributed by atoms with E-state index >= 15 is 0 Å². The molecule has 126 valence electrons. The van der Waals surface area contributed by atoms with Gasteiger partial charge >= 0.3 is 12.0 Å². The van der Waals surface area contributed by atoms with Crippen LogP contribution in [0.25, 0.3) is 0 Å². The fourth-order valence-corrected chi connectivity index (χ4v) is 2.75. The van der Waals surface area contributed by atoms with Gasteiger partial charge in [0.15, 0.2) is 0 Å². The second-order valence-corrected chi connectivity index (χ2v) is 6.14. The molecule has 2 heterocycles. The third-order valence-electron chi connectivity index (χ3n) is 3.96. The van der Waals surface area contributed by atoms with Crippen LogP contribution in [0.5, 0.6) is 6.01 Å². The number of ether oxygens (including phenoxy) is 1. The van der Waals surface area contributed by atoms with Gasteiger partial charge in [-0.3, -0.25) is 9.69 Å². The summed E-state index contributed by atoms with van der Waals surface area (Å²) in [4.78, 5) is 21.4. The van der Waals surface area contributed by atoms with E-state index in [2.05, 4.69) is 21.4 Å². The highest BCUT2D eigenvalue weighted by atomic mass is 35.5. The summed E-state index contributed by atoms with van der Waals surface area (Å²) < 4.78 is 5.86. The lowest BCUT2D eigenvalue weighted by molar-refractivity contribution is -0.143. The van der Waals surface area contributed by atoms with Gasteiger partial charge in [0.25, 0.3) is 0 Å². The summed E-state index contributed by atoms with van der Waals surface area (Å²) in [5.41, 5.74) is 0. The SMILES string of the molecule is C=CCC[C@H](CN1CCC(C(=O)O)CC1)Oc1ncc(Cl)cn1. The molecule has 0 aliphatic carbocycles. The molecule has 23 heavy (non-hydrogen) atoms. The Labute approximate surface area is 141 Å². The molecule has 1 aromatic heterocycles. The second kappa shape index (κ2) is 8.84. The molecule has 0 aromatic carbocycles. The van der Waals surface area contributed by atoms with Crippen LogP contribution in [-0.4, -0.2) is 51.7 Å². The van der Waals surface area contributed by atoms with Gasteiger partial charge in [-0.25, -0.2) is 9.97 Å². The quantitative estimate of drug-likeness (QED) is 0.734. The Morgan fingerprint density at radius 1 is 1.48 bits per heavy atom. The highest BCUT2D eigenvalue weighted by molar-refractivity contribution is 6.30. The first-order chi connectivity index (χ1) is 11.1. The molecule has 6 nitrogen and oxygen atoms in total. The molecule has 1 aromatic rings. The summed E-state index contributed by atoms with van der Waals surface area (Å²) in [5, 5.41) is 9.53. The molecule has 0 bridgehead atoms. The van der Waals surface area contributed by atoms with E-state index in [1.54, 1.807) is 0 Å². The molecule has 0 unspecified atom stereocenters. The molecular weight excluding hydrogens is 318 g/mol. The first-order valence-corrected chi connectivity index (χ1v) is 8.16. The molecule has 1 atom stereocenters. The molecule has 1 N–H and O–H groups in total. The van der Waals surface area contributed by atoms with Gasteiger partial charge in [-0.15, -0.1) is 6.58 Å². The topological polar surface area (TPSA) is 75.6 Å². The van der Waals surface area contributed by atoms with Crippen LogP contribution in [0.2, 0.25) is 5.02 Å². The Hall–Kier alpha value is -1.66. The van der Waals surface area contributed by atoms with Crippen molar-refractivity contribution in [3.8, 4) is 6.01 Å². The van der Waals surface area contributed by atoms with Crippen molar-refractivity contribution in [2.75, 3.05) is 19.6 Å². The standard InChI is InChI=1S/C16H22ClN3O3/c1-2-3-4-14(23-16-18-9-13(17)10-19-16)11-20-7-5-12(6-8-20)15(21)22/h2,9-10,12,14H,1,3-8,11H2,(H,21,22)/t14-/m1/s1. The fourth-order valence-electron chi connectivity index (χ4n) is 2.65. The predicted octanol–water partition coefficient (Wildman–Crippen LogP) is 2.64. The number of rotatable bonds is 8. The zero-order valence-electron chi connectivity index (χ0n) is 13.0. The van der Waals surface area contributed by atoms with Crippen molar-refractivity contribution in [1.82, 2.24) is 14.9 Å². The van der Waals surface area contributed by atoms with E-state index in [-0.39, 0.29) is 12.0 Å². The van der Waals surface area contributed by atoms with E-state index < -0.39 is 5.97 Å². The number of piperidine rings is 1. The second-order valence-electron chi connectivity index (χ2n) is 5.70. The Balaban J connectivity index is 1.89. The maximum atomic E-state index is 11.0. The smallest absolute Gasteiger partial charge is 0.316 e. The highest BCUT2D eigenvalue weighted by Gasteiger charge is 2.26. The van der Waals surface area contributed by atoms with Crippen LogP contribution in [0.1, 0.15) is 25.7 Å². The van der Waals surface area contributed by atoms with Crippen LogP contribution in [0.15, 0.2) is 25.0 Å². The lowest BCUT2D eigenvalue weighted by Crippen LogP contribution is -2.42. The molecule has 0 spiro atoms. The van der Waals surface area contributed by atoms with Crippen molar-refractivity contribution in [3.63, 3.8) is 0 Å². The summed E-state index contributed by atoms with van der Waals surface area (Å²) >= 11 is 5.78. The Kier molecular flexibility index (Phi) is 6.80. The van der Waals surface area contributed by atoms with Crippen LogP contribution in [-0.2, 0) is 4.79 Å². The van der Waals surface area contributed by atoms with Crippen molar-refractivity contribution in [1.29, 1.82) is 0 Å². The van der Waals surface area contributed by atoms with E-state index in [1.165, 1.54) is 12.4 Å². The van der Waals surface area contributed by atoms with Gasteiger partial charge in [-0.1, -0.05) is 17.7 Å². The van der Waals surface area contributed by atoms with Gasteiger partial charge in [-0.2, -0.15) is 0 Å². The molecule has 2 rings (SSSR count). The summed E-state index contributed by atoms with van der Waals surface area (Å²) in [6.45, 7) is 6.01.